The van der Waals surface area contributed by atoms with Crippen LogP contribution in [0.25, 0.3) is 10.8 Å². The third kappa shape index (κ3) is 8.89. The zero-order valence-corrected chi connectivity index (χ0v) is 21.1. The minimum atomic E-state index is 0.767. The molecule has 0 aliphatic rings. The lowest BCUT2D eigenvalue weighted by molar-refractivity contribution is -0.697. The van der Waals surface area contributed by atoms with Crippen LogP contribution in [0.5, 0.6) is 0 Å². The summed E-state index contributed by atoms with van der Waals surface area (Å²) in [4.78, 5) is 0. The van der Waals surface area contributed by atoms with E-state index < -0.39 is 0 Å². The predicted octanol–water partition coefficient (Wildman–Crippen LogP) is 9.22. The Morgan fingerprint density at radius 1 is 0.618 bits per heavy atom. The second-order valence-corrected chi connectivity index (χ2v) is 9.46. The fourth-order valence-electron chi connectivity index (χ4n) is 4.48. The highest BCUT2D eigenvalue weighted by atomic mass is 15.1. The molecule has 2 aromatic carbocycles. The summed E-state index contributed by atoms with van der Waals surface area (Å²) in [5, 5.41) is 11.0. The molecular weight excluding hydrogens is 416 g/mol. The molecule has 0 aliphatic carbocycles. The van der Waals surface area contributed by atoms with Crippen molar-refractivity contribution in [3.63, 3.8) is 0 Å². The second-order valence-electron chi connectivity index (χ2n) is 9.46. The molecule has 182 valence electrons. The maximum absolute atomic E-state index is 6.08. The molecule has 0 amide bonds. The van der Waals surface area contributed by atoms with E-state index in [1.807, 2.05) is 48.5 Å². The molecule has 0 spiro atoms. The van der Waals surface area contributed by atoms with E-state index in [0.717, 1.165) is 34.4 Å². The zero-order valence-electron chi connectivity index (χ0n) is 21.1. The summed E-state index contributed by atoms with van der Waals surface area (Å²) in [7, 11) is 0. The first-order valence-corrected chi connectivity index (χ1v) is 13.5. The number of rotatable bonds is 16. The smallest absolute Gasteiger partial charge is 0.171 e. The molecule has 3 aromatic rings. The molecule has 34 heavy (non-hydrogen) atoms. The van der Waals surface area contributed by atoms with Crippen molar-refractivity contribution in [3.05, 3.63) is 60.9 Å². The first-order valence-electron chi connectivity index (χ1n) is 13.5. The highest BCUT2D eigenvalue weighted by molar-refractivity contribution is 5.99. The van der Waals surface area contributed by atoms with Crippen molar-refractivity contribution in [1.29, 1.82) is 0 Å². The van der Waals surface area contributed by atoms with Crippen LogP contribution in [0.2, 0.25) is 0 Å². The van der Waals surface area contributed by atoms with Crippen molar-refractivity contribution in [2.75, 3.05) is 5.73 Å². The number of pyridine rings is 1. The summed E-state index contributed by atoms with van der Waals surface area (Å²) < 4.78 is 2.25. The van der Waals surface area contributed by atoms with Gasteiger partial charge in [-0.2, -0.15) is 5.11 Å². The Hall–Kier alpha value is -2.75. The number of nitrogens with two attached hydrogens (primary N) is 1. The maximum atomic E-state index is 6.08. The number of nitrogen functional groups attached to an aromatic ring is 1. The van der Waals surface area contributed by atoms with E-state index in [2.05, 4.69) is 34.1 Å². The Morgan fingerprint density at radius 3 is 1.79 bits per heavy atom. The maximum Gasteiger partial charge on any atom is 0.171 e. The third-order valence-corrected chi connectivity index (χ3v) is 6.60. The number of benzene rings is 2. The molecule has 4 nitrogen and oxygen atoms in total. The van der Waals surface area contributed by atoms with E-state index in [9.17, 15) is 0 Å². The highest BCUT2D eigenvalue weighted by Gasteiger charge is 2.04. The molecule has 0 aliphatic heterocycles. The Bertz CT molecular complexity index is 994. The van der Waals surface area contributed by atoms with Crippen LogP contribution in [0.1, 0.15) is 90.4 Å². The van der Waals surface area contributed by atoms with Gasteiger partial charge in [0.2, 0.25) is 0 Å². The monoisotopic (exact) mass is 459 g/mol. The summed E-state index contributed by atoms with van der Waals surface area (Å²) in [6.45, 7) is 3.35. The van der Waals surface area contributed by atoms with Gasteiger partial charge in [-0.1, -0.05) is 102 Å². The number of hydrogen-bond acceptors (Lipinski definition) is 3. The van der Waals surface area contributed by atoms with Crippen molar-refractivity contribution in [2.45, 2.75) is 96.9 Å². The first-order chi connectivity index (χ1) is 16.8. The molecule has 0 radical (unpaired) electrons. The van der Waals surface area contributed by atoms with Gasteiger partial charge in [-0.3, -0.25) is 0 Å². The molecule has 4 heteroatoms. The number of aryl methyl sites for hydroxylation is 1. The van der Waals surface area contributed by atoms with Gasteiger partial charge in [-0.15, -0.1) is 5.11 Å². The molecule has 0 bridgehead atoms. The highest BCUT2D eigenvalue weighted by Crippen LogP contribution is 2.31. The largest absolute Gasteiger partial charge is 0.398 e. The van der Waals surface area contributed by atoms with E-state index in [4.69, 9.17) is 5.73 Å². The summed E-state index contributed by atoms with van der Waals surface area (Å²) in [5.41, 5.74) is 8.55. The fraction of sp³-hybridized carbons (Fsp3) is 0.500. The van der Waals surface area contributed by atoms with Gasteiger partial charge in [-0.25, -0.2) is 4.57 Å². The lowest BCUT2D eigenvalue weighted by Gasteiger charge is -2.04. The average Bonchev–Trinajstić information content (AvgIpc) is 2.87. The summed E-state index contributed by atoms with van der Waals surface area (Å²) in [6.07, 6.45) is 22.3. The second kappa shape index (κ2) is 15.2. The molecule has 0 saturated carbocycles. The molecule has 3 rings (SSSR count). The SMILES string of the molecule is CCCCCCCCCCCCCCC[n+]1ccc(N=Nc2ccc(N)c3ccccc23)cc1. The van der Waals surface area contributed by atoms with E-state index in [0.29, 0.717) is 0 Å². The van der Waals surface area contributed by atoms with Crippen LogP contribution >= 0.6 is 0 Å². The third-order valence-electron chi connectivity index (χ3n) is 6.60. The van der Waals surface area contributed by atoms with Gasteiger partial charge >= 0.3 is 0 Å². The van der Waals surface area contributed by atoms with Crippen LogP contribution in [0.3, 0.4) is 0 Å². The van der Waals surface area contributed by atoms with Crippen molar-refractivity contribution in [2.24, 2.45) is 10.2 Å². The van der Waals surface area contributed by atoms with Crippen molar-refractivity contribution >= 4 is 27.8 Å². The molecule has 1 aromatic heterocycles. The molecule has 0 atom stereocenters. The Kier molecular flexibility index (Phi) is 11.6. The predicted molar refractivity (Wildman–Crippen MR) is 145 cm³/mol. The topological polar surface area (TPSA) is 54.6 Å². The standard InChI is InChI=1S/C30H42N4/c1-2-3-4-5-6-7-8-9-10-11-12-13-16-23-34-24-21-26(22-25-34)32-33-30-20-19-29(31)27-17-14-15-18-28(27)30/h14-15,17-22,24-25,31H,2-13,16,23H2,1H3/p+1. The van der Waals surface area contributed by atoms with Gasteiger partial charge in [-0.05, 0) is 18.6 Å². The number of nitrogens with zero attached hydrogens (tertiary/aromatic N) is 3. The van der Waals surface area contributed by atoms with E-state index in [1.54, 1.807) is 0 Å². The van der Waals surface area contributed by atoms with Crippen LogP contribution in [0.15, 0.2) is 71.2 Å². The molecule has 0 unspecified atom stereocenters. The summed E-state index contributed by atoms with van der Waals surface area (Å²) in [5.74, 6) is 0. The first kappa shape index (κ1) is 25.9. The fourth-order valence-corrected chi connectivity index (χ4v) is 4.48. The van der Waals surface area contributed by atoms with E-state index in [1.165, 1.54) is 83.5 Å². The molecule has 1 heterocycles. The van der Waals surface area contributed by atoms with Gasteiger partial charge in [0.15, 0.2) is 12.4 Å². The lowest BCUT2D eigenvalue weighted by atomic mass is 10.0. The average molecular weight is 460 g/mol. The van der Waals surface area contributed by atoms with Crippen molar-refractivity contribution in [1.82, 2.24) is 0 Å². The van der Waals surface area contributed by atoms with Gasteiger partial charge in [0, 0.05) is 35.0 Å². The van der Waals surface area contributed by atoms with Crippen LogP contribution in [0.4, 0.5) is 17.1 Å². The van der Waals surface area contributed by atoms with Crippen molar-refractivity contribution < 1.29 is 4.57 Å². The minimum absolute atomic E-state index is 0.767. The van der Waals surface area contributed by atoms with Crippen molar-refractivity contribution in [3.8, 4) is 0 Å². The number of unbranched alkanes of at least 4 members (excludes halogenated alkanes) is 12. The number of fused-ring (bicyclic) bond motifs is 1. The Labute approximate surface area is 206 Å². The van der Waals surface area contributed by atoms with Crippen LogP contribution in [0, 0.1) is 0 Å². The van der Waals surface area contributed by atoms with Gasteiger partial charge in [0.1, 0.15) is 6.54 Å². The van der Waals surface area contributed by atoms with Crippen LogP contribution in [-0.2, 0) is 6.54 Å². The quantitative estimate of drug-likeness (QED) is 0.0986. The normalized spacial score (nSPS) is 11.6. The molecule has 2 N–H and O–H groups in total. The van der Waals surface area contributed by atoms with E-state index >= 15 is 0 Å². The Balaban J connectivity index is 1.30. The summed E-state index contributed by atoms with van der Waals surface area (Å²) >= 11 is 0. The van der Waals surface area contributed by atoms with Crippen LogP contribution < -0.4 is 10.3 Å². The number of hydrogen-bond donors (Lipinski definition) is 1. The van der Waals surface area contributed by atoms with Crippen LogP contribution in [-0.4, -0.2) is 0 Å². The van der Waals surface area contributed by atoms with Gasteiger partial charge in [0.05, 0.1) is 11.4 Å². The molecule has 0 saturated heterocycles. The van der Waals surface area contributed by atoms with E-state index in [-0.39, 0.29) is 0 Å². The summed E-state index contributed by atoms with van der Waals surface area (Å²) in [6, 6.07) is 15.9. The number of azo groups is 1. The molecular formula is C30H43N4+. The molecule has 0 fully saturated rings. The van der Waals surface area contributed by atoms with Gasteiger partial charge in [0.25, 0.3) is 0 Å². The minimum Gasteiger partial charge on any atom is -0.398 e. The van der Waals surface area contributed by atoms with Gasteiger partial charge < -0.3 is 5.73 Å². The lowest BCUT2D eigenvalue weighted by Crippen LogP contribution is -2.32. The number of anilines is 1. The Morgan fingerprint density at radius 2 is 1.18 bits per heavy atom. The number of aromatic nitrogens is 1. The zero-order chi connectivity index (χ0) is 23.8.